The van der Waals surface area contributed by atoms with Gasteiger partial charge in [-0.3, -0.25) is 9.59 Å². The minimum absolute atomic E-state index is 0.188. The van der Waals surface area contributed by atoms with E-state index in [2.05, 4.69) is 15.4 Å². The molecular formula is C17H17F3N2O3S. The standard InChI is InChI=1S/C17H17F3N2O3S/c1-10(2)14(22-15(23)13-4-3-9-26-13)16(24)21-11-5-7-12(8-6-11)25-17(18,19)20/h3-10,14H,1-2H3,(H,21,24)(H,22,23)/t14-/m0/s1. The first-order chi connectivity index (χ1) is 12.2. The van der Waals surface area contributed by atoms with Gasteiger partial charge in [-0.2, -0.15) is 0 Å². The molecule has 1 heterocycles. The fourth-order valence-corrected chi connectivity index (χ4v) is 2.74. The van der Waals surface area contributed by atoms with Gasteiger partial charge < -0.3 is 15.4 Å². The zero-order valence-electron chi connectivity index (χ0n) is 14.0. The SMILES string of the molecule is CC(C)[C@H](NC(=O)c1cccs1)C(=O)Nc1ccc(OC(F)(F)F)cc1. The number of rotatable bonds is 6. The molecule has 0 spiro atoms. The summed E-state index contributed by atoms with van der Waals surface area (Å²) in [6.45, 7) is 3.55. The van der Waals surface area contributed by atoms with Gasteiger partial charge in [0.2, 0.25) is 5.91 Å². The van der Waals surface area contributed by atoms with Crippen LogP contribution in [0.2, 0.25) is 0 Å². The molecule has 0 aliphatic carbocycles. The Morgan fingerprint density at radius 2 is 1.77 bits per heavy atom. The van der Waals surface area contributed by atoms with Gasteiger partial charge in [0.25, 0.3) is 5.91 Å². The van der Waals surface area contributed by atoms with Gasteiger partial charge in [-0.1, -0.05) is 19.9 Å². The van der Waals surface area contributed by atoms with E-state index in [0.717, 1.165) is 12.1 Å². The fourth-order valence-electron chi connectivity index (χ4n) is 2.12. The summed E-state index contributed by atoms with van der Waals surface area (Å²) in [6, 6.07) is 7.35. The van der Waals surface area contributed by atoms with Crippen molar-refractivity contribution in [3.8, 4) is 5.75 Å². The first kappa shape index (κ1) is 19.8. The predicted molar refractivity (Wildman–Crippen MR) is 92.2 cm³/mol. The summed E-state index contributed by atoms with van der Waals surface area (Å²) in [5.74, 6) is -1.40. The molecule has 0 aliphatic rings. The lowest BCUT2D eigenvalue weighted by Crippen LogP contribution is -2.46. The molecule has 140 valence electrons. The van der Waals surface area contributed by atoms with Gasteiger partial charge in [0.05, 0.1) is 4.88 Å². The molecule has 2 aromatic rings. The van der Waals surface area contributed by atoms with Gasteiger partial charge in [-0.05, 0) is 41.6 Å². The van der Waals surface area contributed by atoms with E-state index in [1.54, 1.807) is 31.4 Å². The predicted octanol–water partition coefficient (Wildman–Crippen LogP) is 4.04. The first-order valence-corrected chi connectivity index (χ1v) is 8.55. The summed E-state index contributed by atoms with van der Waals surface area (Å²) in [7, 11) is 0. The lowest BCUT2D eigenvalue weighted by atomic mass is 10.0. The zero-order chi connectivity index (χ0) is 19.3. The number of anilines is 1. The van der Waals surface area contributed by atoms with Crippen molar-refractivity contribution in [1.82, 2.24) is 5.32 Å². The van der Waals surface area contributed by atoms with E-state index in [0.29, 0.717) is 10.6 Å². The molecule has 2 N–H and O–H groups in total. The second-order valence-electron chi connectivity index (χ2n) is 5.73. The van der Waals surface area contributed by atoms with Gasteiger partial charge in [0.1, 0.15) is 11.8 Å². The van der Waals surface area contributed by atoms with Crippen molar-refractivity contribution in [2.45, 2.75) is 26.3 Å². The molecule has 0 saturated heterocycles. The molecule has 9 heteroatoms. The number of alkyl halides is 3. The Morgan fingerprint density at radius 3 is 2.27 bits per heavy atom. The van der Waals surface area contributed by atoms with Crippen LogP contribution in [0.5, 0.6) is 5.75 Å². The van der Waals surface area contributed by atoms with Gasteiger partial charge in [0.15, 0.2) is 0 Å². The Labute approximate surface area is 152 Å². The number of hydrogen-bond acceptors (Lipinski definition) is 4. The van der Waals surface area contributed by atoms with E-state index in [9.17, 15) is 22.8 Å². The van der Waals surface area contributed by atoms with Crippen molar-refractivity contribution in [2.75, 3.05) is 5.32 Å². The highest BCUT2D eigenvalue weighted by molar-refractivity contribution is 7.12. The molecule has 1 aromatic carbocycles. The van der Waals surface area contributed by atoms with Crippen molar-refractivity contribution in [1.29, 1.82) is 0 Å². The van der Waals surface area contributed by atoms with E-state index in [-0.39, 0.29) is 17.6 Å². The molecule has 0 saturated carbocycles. The van der Waals surface area contributed by atoms with Crippen LogP contribution < -0.4 is 15.4 Å². The van der Waals surface area contributed by atoms with E-state index >= 15 is 0 Å². The Balaban J connectivity index is 2.02. The molecule has 0 aliphatic heterocycles. The maximum absolute atomic E-state index is 12.4. The molecule has 2 rings (SSSR count). The number of nitrogens with one attached hydrogen (secondary N) is 2. The summed E-state index contributed by atoms with van der Waals surface area (Å²) < 4.78 is 40.2. The maximum atomic E-state index is 12.4. The Bertz CT molecular complexity index is 744. The highest BCUT2D eigenvalue weighted by Crippen LogP contribution is 2.24. The van der Waals surface area contributed by atoms with Crippen LogP contribution in [0.15, 0.2) is 41.8 Å². The van der Waals surface area contributed by atoms with Crippen LogP contribution in [0.25, 0.3) is 0 Å². The summed E-state index contributed by atoms with van der Waals surface area (Å²) in [5.41, 5.74) is 0.292. The normalized spacial score (nSPS) is 12.5. The third kappa shape index (κ3) is 5.76. The van der Waals surface area contributed by atoms with Gasteiger partial charge in [-0.25, -0.2) is 0 Å². The van der Waals surface area contributed by atoms with Crippen LogP contribution in [0.4, 0.5) is 18.9 Å². The third-order valence-corrected chi connectivity index (χ3v) is 4.20. The van der Waals surface area contributed by atoms with Crippen LogP contribution in [0.1, 0.15) is 23.5 Å². The largest absolute Gasteiger partial charge is 0.573 e. The van der Waals surface area contributed by atoms with Gasteiger partial charge in [0, 0.05) is 5.69 Å². The summed E-state index contributed by atoms with van der Waals surface area (Å²) in [6.07, 6.45) is -4.78. The van der Waals surface area contributed by atoms with Crippen molar-refractivity contribution >= 4 is 28.8 Å². The smallest absolute Gasteiger partial charge is 0.406 e. The minimum Gasteiger partial charge on any atom is -0.406 e. The number of benzene rings is 1. The van der Waals surface area contributed by atoms with E-state index < -0.39 is 18.3 Å². The number of carbonyl (C=O) groups excluding carboxylic acids is 2. The number of hydrogen-bond donors (Lipinski definition) is 2. The monoisotopic (exact) mass is 386 g/mol. The van der Waals surface area contributed by atoms with Gasteiger partial charge in [-0.15, -0.1) is 24.5 Å². The molecule has 2 amide bonds. The molecule has 5 nitrogen and oxygen atoms in total. The quantitative estimate of drug-likeness (QED) is 0.787. The average Bonchev–Trinajstić information content (AvgIpc) is 3.07. The number of halogens is 3. The number of ether oxygens (including phenoxy) is 1. The second kappa shape index (κ2) is 8.22. The number of thiophene rings is 1. The van der Waals surface area contributed by atoms with Crippen LogP contribution in [-0.4, -0.2) is 24.2 Å². The molecule has 0 radical (unpaired) electrons. The minimum atomic E-state index is -4.78. The van der Waals surface area contributed by atoms with E-state index in [4.69, 9.17) is 0 Å². The molecule has 0 bridgehead atoms. The van der Waals surface area contributed by atoms with Gasteiger partial charge >= 0.3 is 6.36 Å². The Hall–Kier alpha value is -2.55. The molecule has 26 heavy (non-hydrogen) atoms. The number of carbonyl (C=O) groups is 2. The maximum Gasteiger partial charge on any atom is 0.573 e. The van der Waals surface area contributed by atoms with Crippen LogP contribution >= 0.6 is 11.3 Å². The second-order valence-corrected chi connectivity index (χ2v) is 6.68. The highest BCUT2D eigenvalue weighted by atomic mass is 32.1. The van der Waals surface area contributed by atoms with E-state index in [1.165, 1.54) is 23.5 Å². The van der Waals surface area contributed by atoms with E-state index in [1.807, 2.05) is 0 Å². The van der Waals surface area contributed by atoms with Crippen molar-refractivity contribution in [2.24, 2.45) is 5.92 Å². The molecule has 0 unspecified atom stereocenters. The Morgan fingerprint density at radius 1 is 1.12 bits per heavy atom. The lowest BCUT2D eigenvalue weighted by molar-refractivity contribution is -0.274. The Kier molecular flexibility index (Phi) is 6.25. The van der Waals surface area contributed by atoms with Crippen LogP contribution in [0.3, 0.4) is 0 Å². The third-order valence-electron chi connectivity index (χ3n) is 3.34. The van der Waals surface area contributed by atoms with Crippen molar-refractivity contribution in [3.63, 3.8) is 0 Å². The topological polar surface area (TPSA) is 67.4 Å². The van der Waals surface area contributed by atoms with Crippen LogP contribution in [-0.2, 0) is 4.79 Å². The fraction of sp³-hybridized carbons (Fsp3) is 0.294. The van der Waals surface area contributed by atoms with Crippen LogP contribution in [0, 0.1) is 5.92 Å². The van der Waals surface area contributed by atoms with Crippen molar-refractivity contribution in [3.05, 3.63) is 46.7 Å². The zero-order valence-corrected chi connectivity index (χ0v) is 14.8. The molecule has 0 fully saturated rings. The lowest BCUT2D eigenvalue weighted by Gasteiger charge is -2.21. The molecule has 1 aromatic heterocycles. The first-order valence-electron chi connectivity index (χ1n) is 7.67. The van der Waals surface area contributed by atoms with Crippen molar-refractivity contribution < 1.29 is 27.5 Å². The summed E-state index contributed by atoms with van der Waals surface area (Å²) in [5, 5.41) is 7.00. The molecular weight excluding hydrogens is 369 g/mol. The summed E-state index contributed by atoms with van der Waals surface area (Å²) >= 11 is 1.26. The highest BCUT2D eigenvalue weighted by Gasteiger charge is 2.31. The average molecular weight is 386 g/mol. The number of amides is 2. The summed E-state index contributed by atoms with van der Waals surface area (Å²) in [4.78, 5) is 25.1. The molecule has 1 atom stereocenters.